The molecule has 2 atom stereocenters. The molecule has 1 saturated carbocycles. The van der Waals surface area contributed by atoms with Gasteiger partial charge in [0.2, 0.25) is 11.8 Å². The first-order chi connectivity index (χ1) is 10.6. The third-order valence-electron chi connectivity index (χ3n) is 4.83. The summed E-state index contributed by atoms with van der Waals surface area (Å²) in [6, 6.07) is 0. The standard InChI is InChI=1S/C16H27N3O3/c1-18(9-12-2-3-12)10-14-11-19(6-7-22-14)16(21)13-4-5-17-15(20)8-13/h12-14H,2-11H2,1H3,(H,17,20)/t13-,14-/m1/s1. The number of carbonyl (C=O) groups excluding carboxylic acids is 2. The lowest BCUT2D eigenvalue weighted by molar-refractivity contribution is -0.146. The molecule has 0 bridgehead atoms. The molecule has 0 radical (unpaired) electrons. The van der Waals surface area contributed by atoms with Gasteiger partial charge in [-0.15, -0.1) is 0 Å². The van der Waals surface area contributed by atoms with Crippen molar-refractivity contribution in [3.8, 4) is 0 Å². The number of nitrogens with one attached hydrogen (secondary N) is 1. The molecule has 2 saturated heterocycles. The van der Waals surface area contributed by atoms with Crippen molar-refractivity contribution in [3.63, 3.8) is 0 Å². The normalized spacial score (nSPS) is 29.5. The minimum absolute atomic E-state index is 0.00132. The fourth-order valence-corrected chi connectivity index (χ4v) is 3.45. The van der Waals surface area contributed by atoms with E-state index in [0.717, 1.165) is 25.4 Å². The summed E-state index contributed by atoms with van der Waals surface area (Å²) in [5.74, 6) is 0.857. The molecule has 0 aromatic heterocycles. The first kappa shape index (κ1) is 15.7. The third kappa shape index (κ3) is 4.20. The van der Waals surface area contributed by atoms with Crippen LogP contribution in [0.25, 0.3) is 0 Å². The zero-order valence-corrected chi connectivity index (χ0v) is 13.4. The number of hydrogen-bond donors (Lipinski definition) is 1. The first-order valence-electron chi connectivity index (χ1n) is 8.47. The molecular weight excluding hydrogens is 282 g/mol. The Labute approximate surface area is 132 Å². The molecule has 6 heteroatoms. The minimum atomic E-state index is -0.142. The second kappa shape index (κ2) is 6.96. The lowest BCUT2D eigenvalue weighted by Gasteiger charge is -2.37. The van der Waals surface area contributed by atoms with Crippen molar-refractivity contribution in [2.75, 3.05) is 46.4 Å². The van der Waals surface area contributed by atoms with Gasteiger partial charge in [-0.1, -0.05) is 0 Å². The number of nitrogens with zero attached hydrogens (tertiary/aromatic N) is 2. The van der Waals surface area contributed by atoms with Gasteiger partial charge >= 0.3 is 0 Å². The average molecular weight is 309 g/mol. The molecule has 0 aromatic carbocycles. The van der Waals surface area contributed by atoms with Crippen molar-refractivity contribution in [1.29, 1.82) is 0 Å². The molecule has 3 rings (SSSR count). The van der Waals surface area contributed by atoms with Crippen LogP contribution in [0.3, 0.4) is 0 Å². The van der Waals surface area contributed by atoms with Gasteiger partial charge in [-0.25, -0.2) is 0 Å². The molecule has 2 aliphatic heterocycles. The van der Waals surface area contributed by atoms with Crippen LogP contribution in [0, 0.1) is 11.8 Å². The van der Waals surface area contributed by atoms with Crippen molar-refractivity contribution >= 4 is 11.8 Å². The number of piperidine rings is 1. The Bertz CT molecular complexity index is 425. The molecule has 0 aromatic rings. The Hall–Kier alpha value is -1.14. The molecule has 1 N–H and O–H groups in total. The number of likely N-dealkylation sites (N-methyl/N-ethyl adjacent to an activating group) is 1. The first-order valence-corrected chi connectivity index (χ1v) is 8.47. The highest BCUT2D eigenvalue weighted by molar-refractivity contribution is 5.87. The van der Waals surface area contributed by atoms with E-state index in [1.54, 1.807) is 0 Å². The Morgan fingerprint density at radius 2 is 2.18 bits per heavy atom. The quantitative estimate of drug-likeness (QED) is 0.781. The van der Waals surface area contributed by atoms with Crippen LogP contribution in [-0.4, -0.2) is 74.1 Å². The summed E-state index contributed by atoms with van der Waals surface area (Å²) in [7, 11) is 2.13. The van der Waals surface area contributed by atoms with Gasteiger partial charge in [0, 0.05) is 45.1 Å². The average Bonchev–Trinajstić information content (AvgIpc) is 3.30. The highest BCUT2D eigenvalue weighted by Gasteiger charge is 2.33. The molecule has 1 aliphatic carbocycles. The smallest absolute Gasteiger partial charge is 0.226 e. The minimum Gasteiger partial charge on any atom is -0.373 e. The molecule has 2 amide bonds. The molecular formula is C16H27N3O3. The van der Waals surface area contributed by atoms with Crippen LogP contribution in [0.2, 0.25) is 0 Å². The molecule has 0 unspecified atom stereocenters. The van der Waals surface area contributed by atoms with Gasteiger partial charge in [0.1, 0.15) is 0 Å². The third-order valence-corrected chi connectivity index (χ3v) is 4.83. The van der Waals surface area contributed by atoms with E-state index in [1.165, 1.54) is 12.8 Å². The zero-order chi connectivity index (χ0) is 15.5. The highest BCUT2D eigenvalue weighted by Crippen LogP contribution is 2.29. The van der Waals surface area contributed by atoms with Gasteiger partial charge in [-0.2, -0.15) is 0 Å². The predicted octanol–water partition coefficient (Wildman–Crippen LogP) is 0.0818. The Balaban J connectivity index is 1.48. The van der Waals surface area contributed by atoms with E-state index in [4.69, 9.17) is 4.74 Å². The van der Waals surface area contributed by atoms with E-state index in [9.17, 15) is 9.59 Å². The van der Waals surface area contributed by atoms with Crippen LogP contribution in [-0.2, 0) is 14.3 Å². The second-order valence-electron chi connectivity index (χ2n) is 6.98. The molecule has 3 aliphatic rings. The Morgan fingerprint density at radius 3 is 2.91 bits per heavy atom. The predicted molar refractivity (Wildman–Crippen MR) is 82.3 cm³/mol. The highest BCUT2D eigenvalue weighted by atomic mass is 16.5. The lowest BCUT2D eigenvalue weighted by atomic mass is 9.95. The van der Waals surface area contributed by atoms with Crippen molar-refractivity contribution in [2.24, 2.45) is 11.8 Å². The second-order valence-corrected chi connectivity index (χ2v) is 6.98. The molecule has 22 heavy (non-hydrogen) atoms. The van der Waals surface area contributed by atoms with Crippen molar-refractivity contribution in [2.45, 2.75) is 31.8 Å². The van der Waals surface area contributed by atoms with Crippen molar-refractivity contribution < 1.29 is 14.3 Å². The van der Waals surface area contributed by atoms with Crippen molar-refractivity contribution in [1.82, 2.24) is 15.1 Å². The summed E-state index contributed by atoms with van der Waals surface area (Å²) in [5.41, 5.74) is 0. The Kier molecular flexibility index (Phi) is 4.98. The van der Waals surface area contributed by atoms with E-state index < -0.39 is 0 Å². The monoisotopic (exact) mass is 309 g/mol. The topological polar surface area (TPSA) is 61.9 Å². The van der Waals surface area contributed by atoms with Gasteiger partial charge in [0.15, 0.2) is 0 Å². The molecule has 0 spiro atoms. The van der Waals surface area contributed by atoms with Gasteiger partial charge in [0.25, 0.3) is 0 Å². The van der Waals surface area contributed by atoms with Gasteiger partial charge in [0.05, 0.1) is 12.7 Å². The van der Waals surface area contributed by atoms with Crippen LogP contribution >= 0.6 is 0 Å². The van der Waals surface area contributed by atoms with E-state index in [1.807, 2.05) is 4.90 Å². The molecule has 3 fully saturated rings. The number of morpholine rings is 1. The van der Waals surface area contributed by atoms with Gasteiger partial charge < -0.3 is 19.9 Å². The van der Waals surface area contributed by atoms with E-state index >= 15 is 0 Å². The summed E-state index contributed by atoms with van der Waals surface area (Å²) in [6.45, 7) is 4.55. The number of hydrogen-bond acceptors (Lipinski definition) is 4. The SMILES string of the molecule is CN(CC1CC1)C[C@@H]1CN(C(=O)[C@@H]2CCNC(=O)C2)CCO1. The summed E-state index contributed by atoms with van der Waals surface area (Å²) < 4.78 is 5.82. The largest absolute Gasteiger partial charge is 0.373 e. The summed E-state index contributed by atoms with van der Waals surface area (Å²) in [5, 5.41) is 2.79. The zero-order valence-electron chi connectivity index (χ0n) is 13.4. The number of carbonyl (C=O) groups is 2. The molecule has 124 valence electrons. The molecule has 6 nitrogen and oxygen atoms in total. The Morgan fingerprint density at radius 1 is 1.36 bits per heavy atom. The van der Waals surface area contributed by atoms with Crippen LogP contribution in [0.15, 0.2) is 0 Å². The van der Waals surface area contributed by atoms with Crippen LogP contribution in [0.5, 0.6) is 0 Å². The van der Waals surface area contributed by atoms with Crippen LogP contribution in [0.4, 0.5) is 0 Å². The number of rotatable bonds is 5. The van der Waals surface area contributed by atoms with Crippen LogP contribution in [0.1, 0.15) is 25.7 Å². The van der Waals surface area contributed by atoms with Crippen molar-refractivity contribution in [3.05, 3.63) is 0 Å². The number of ether oxygens (including phenoxy) is 1. The van der Waals surface area contributed by atoms with E-state index in [-0.39, 0.29) is 23.8 Å². The van der Waals surface area contributed by atoms with Crippen LogP contribution < -0.4 is 5.32 Å². The maximum Gasteiger partial charge on any atom is 0.226 e. The van der Waals surface area contributed by atoms with E-state index in [2.05, 4.69) is 17.3 Å². The van der Waals surface area contributed by atoms with Gasteiger partial charge in [-0.3, -0.25) is 9.59 Å². The summed E-state index contributed by atoms with van der Waals surface area (Å²) >= 11 is 0. The fourth-order valence-electron chi connectivity index (χ4n) is 3.45. The molecule has 2 heterocycles. The maximum atomic E-state index is 12.6. The number of amides is 2. The van der Waals surface area contributed by atoms with Gasteiger partial charge in [-0.05, 0) is 32.2 Å². The fraction of sp³-hybridized carbons (Fsp3) is 0.875. The van der Waals surface area contributed by atoms with E-state index in [0.29, 0.717) is 32.7 Å². The lowest BCUT2D eigenvalue weighted by Crippen LogP contribution is -2.52. The summed E-state index contributed by atoms with van der Waals surface area (Å²) in [4.78, 5) is 28.3. The summed E-state index contributed by atoms with van der Waals surface area (Å²) in [6.07, 6.45) is 3.89. The maximum absolute atomic E-state index is 12.6.